The van der Waals surface area contributed by atoms with E-state index in [0.717, 1.165) is 66.5 Å². The molecule has 2 aliphatic heterocycles. The Kier molecular flexibility index (Phi) is 6.13. The average Bonchev–Trinajstić information content (AvgIpc) is 2.90. The molecule has 6 heteroatoms. The lowest BCUT2D eigenvalue weighted by Crippen LogP contribution is -2.43. The highest BCUT2D eigenvalue weighted by atomic mass is 16.5. The number of morpholine rings is 1. The maximum atomic E-state index is 12.7. The minimum Gasteiger partial charge on any atom is -0.497 e. The Balaban J connectivity index is 1.59. The van der Waals surface area contributed by atoms with Crippen molar-refractivity contribution in [1.29, 1.82) is 0 Å². The maximum Gasteiger partial charge on any atom is 0.253 e. The van der Waals surface area contributed by atoms with Gasteiger partial charge in [0.1, 0.15) is 12.4 Å². The van der Waals surface area contributed by atoms with Crippen LogP contribution in [0.25, 0.3) is 11.1 Å². The topological polar surface area (TPSA) is 51.2 Å². The van der Waals surface area contributed by atoms with E-state index in [2.05, 4.69) is 36.1 Å². The quantitative estimate of drug-likeness (QED) is 0.778. The van der Waals surface area contributed by atoms with Crippen LogP contribution < -0.4 is 9.64 Å². The molecule has 0 radical (unpaired) electrons. The predicted molar refractivity (Wildman–Crippen MR) is 112 cm³/mol. The van der Waals surface area contributed by atoms with Gasteiger partial charge in [0.25, 0.3) is 5.91 Å². The number of benzene rings is 2. The summed E-state index contributed by atoms with van der Waals surface area (Å²) in [5.41, 5.74) is 5.43. The van der Waals surface area contributed by atoms with Crippen molar-refractivity contribution in [2.45, 2.75) is 13.5 Å². The minimum absolute atomic E-state index is 0.0189. The van der Waals surface area contributed by atoms with Crippen molar-refractivity contribution in [3.63, 3.8) is 0 Å². The van der Waals surface area contributed by atoms with E-state index in [4.69, 9.17) is 14.2 Å². The van der Waals surface area contributed by atoms with Crippen molar-refractivity contribution < 1.29 is 19.0 Å². The molecule has 0 unspecified atom stereocenters. The van der Waals surface area contributed by atoms with E-state index < -0.39 is 0 Å². The smallest absolute Gasteiger partial charge is 0.253 e. The molecule has 2 aromatic rings. The Morgan fingerprint density at radius 2 is 1.83 bits per heavy atom. The van der Waals surface area contributed by atoms with Gasteiger partial charge in [-0.1, -0.05) is 12.1 Å². The molecule has 1 amide bonds. The van der Waals surface area contributed by atoms with Crippen LogP contribution in [0.4, 0.5) is 5.69 Å². The first-order valence-corrected chi connectivity index (χ1v) is 10.1. The number of carbonyl (C=O) groups is 1. The van der Waals surface area contributed by atoms with E-state index in [9.17, 15) is 4.79 Å². The third-order valence-electron chi connectivity index (χ3n) is 5.64. The summed E-state index contributed by atoms with van der Waals surface area (Å²) in [6.45, 7) is 7.51. The second kappa shape index (κ2) is 8.95. The first-order valence-electron chi connectivity index (χ1n) is 10.1. The van der Waals surface area contributed by atoms with Gasteiger partial charge < -0.3 is 19.1 Å². The monoisotopic (exact) mass is 396 g/mol. The van der Waals surface area contributed by atoms with Crippen LogP contribution in [0.3, 0.4) is 0 Å². The molecule has 6 nitrogen and oxygen atoms in total. The lowest BCUT2D eigenvalue weighted by molar-refractivity contribution is -0.123. The van der Waals surface area contributed by atoms with Gasteiger partial charge in [0.15, 0.2) is 0 Å². The predicted octanol–water partition coefficient (Wildman–Crippen LogP) is 2.87. The van der Waals surface area contributed by atoms with Gasteiger partial charge in [-0.15, -0.1) is 0 Å². The molecule has 0 aliphatic carbocycles. The van der Waals surface area contributed by atoms with E-state index in [-0.39, 0.29) is 12.5 Å². The van der Waals surface area contributed by atoms with Gasteiger partial charge in [0.2, 0.25) is 0 Å². The van der Waals surface area contributed by atoms with Crippen molar-refractivity contribution in [2.24, 2.45) is 0 Å². The lowest BCUT2D eigenvalue weighted by atomic mass is 9.97. The molecular weight excluding hydrogens is 368 g/mol. The fraction of sp³-hybridized carbons (Fsp3) is 0.435. The minimum atomic E-state index is 0.0189. The molecule has 0 bridgehead atoms. The molecule has 0 N–H and O–H groups in total. The third kappa shape index (κ3) is 4.45. The van der Waals surface area contributed by atoms with Crippen molar-refractivity contribution >= 4 is 11.6 Å². The zero-order chi connectivity index (χ0) is 20.2. The van der Waals surface area contributed by atoms with Crippen molar-refractivity contribution in [3.05, 3.63) is 47.5 Å². The van der Waals surface area contributed by atoms with Gasteiger partial charge in [-0.3, -0.25) is 9.69 Å². The number of hydrogen-bond donors (Lipinski definition) is 0. The van der Waals surface area contributed by atoms with Crippen LogP contribution >= 0.6 is 0 Å². The highest BCUT2D eigenvalue weighted by molar-refractivity contribution is 5.96. The largest absolute Gasteiger partial charge is 0.497 e. The van der Waals surface area contributed by atoms with Crippen LogP contribution in [-0.2, 0) is 20.9 Å². The second-order valence-corrected chi connectivity index (χ2v) is 7.52. The molecule has 2 aromatic carbocycles. The van der Waals surface area contributed by atoms with Crippen molar-refractivity contribution in [2.75, 3.05) is 58.0 Å². The zero-order valence-corrected chi connectivity index (χ0v) is 17.1. The molecule has 0 aromatic heterocycles. The lowest BCUT2D eigenvalue weighted by Gasteiger charge is -2.30. The molecule has 0 saturated carbocycles. The standard InChI is InChI=1S/C23H28N2O4/c1-17-13-20(27-2)4-5-21(17)18-3-6-22-19(14-18)15-29-16-23(26)25(22)8-7-24-9-11-28-12-10-24/h3-6,13-14H,7-12,15-16H2,1-2H3. The first-order chi connectivity index (χ1) is 14.2. The van der Waals surface area contributed by atoms with E-state index in [0.29, 0.717) is 13.2 Å². The maximum absolute atomic E-state index is 12.7. The Morgan fingerprint density at radius 1 is 1.00 bits per heavy atom. The van der Waals surface area contributed by atoms with Gasteiger partial charge in [0, 0.05) is 37.4 Å². The fourth-order valence-corrected chi connectivity index (χ4v) is 3.99. The number of carbonyl (C=O) groups excluding carboxylic acids is 1. The number of anilines is 1. The molecule has 0 spiro atoms. The van der Waals surface area contributed by atoms with Gasteiger partial charge >= 0.3 is 0 Å². The number of rotatable bonds is 5. The van der Waals surface area contributed by atoms with E-state index in [1.807, 2.05) is 17.0 Å². The number of methoxy groups -OCH3 is 1. The molecule has 4 rings (SSSR count). The van der Waals surface area contributed by atoms with E-state index in [1.54, 1.807) is 7.11 Å². The summed E-state index contributed by atoms with van der Waals surface area (Å²) in [6.07, 6.45) is 0. The number of ether oxygens (including phenoxy) is 3. The van der Waals surface area contributed by atoms with Gasteiger partial charge in [-0.25, -0.2) is 0 Å². The SMILES string of the molecule is COc1ccc(-c2ccc3c(c2)COCC(=O)N3CCN2CCOCC2)c(C)c1. The number of fused-ring (bicyclic) bond motifs is 1. The van der Waals surface area contributed by atoms with Gasteiger partial charge in [-0.05, 0) is 47.9 Å². The average molecular weight is 396 g/mol. The molecule has 29 heavy (non-hydrogen) atoms. The summed E-state index contributed by atoms with van der Waals surface area (Å²) in [5, 5.41) is 0. The molecule has 2 heterocycles. The summed E-state index contributed by atoms with van der Waals surface area (Å²) in [5.74, 6) is 0.870. The number of amides is 1. The summed E-state index contributed by atoms with van der Waals surface area (Å²) >= 11 is 0. The highest BCUT2D eigenvalue weighted by Crippen LogP contribution is 2.32. The van der Waals surface area contributed by atoms with Gasteiger partial charge in [0.05, 0.1) is 26.9 Å². The Hall–Kier alpha value is -2.41. The number of aryl methyl sites for hydroxylation is 1. The number of hydrogen-bond acceptors (Lipinski definition) is 5. The summed E-state index contributed by atoms with van der Waals surface area (Å²) in [4.78, 5) is 16.9. The molecular formula is C23H28N2O4. The van der Waals surface area contributed by atoms with Crippen LogP contribution in [0, 0.1) is 6.92 Å². The number of nitrogens with zero attached hydrogens (tertiary/aromatic N) is 2. The fourth-order valence-electron chi connectivity index (χ4n) is 3.99. The van der Waals surface area contributed by atoms with Crippen LogP contribution in [0.15, 0.2) is 36.4 Å². The molecule has 1 fully saturated rings. The van der Waals surface area contributed by atoms with E-state index >= 15 is 0 Å². The second-order valence-electron chi connectivity index (χ2n) is 7.52. The van der Waals surface area contributed by atoms with Gasteiger partial charge in [-0.2, -0.15) is 0 Å². The van der Waals surface area contributed by atoms with E-state index in [1.165, 1.54) is 0 Å². The Labute approximate surface area is 172 Å². The Bertz CT molecular complexity index is 877. The first kappa shape index (κ1) is 19.9. The van der Waals surface area contributed by atoms with Crippen molar-refractivity contribution in [3.8, 4) is 16.9 Å². The molecule has 2 aliphatic rings. The summed E-state index contributed by atoms with van der Waals surface area (Å²) in [6, 6.07) is 12.4. The zero-order valence-electron chi connectivity index (χ0n) is 17.1. The summed E-state index contributed by atoms with van der Waals surface area (Å²) < 4.78 is 16.4. The summed E-state index contributed by atoms with van der Waals surface area (Å²) in [7, 11) is 1.68. The normalized spacial score (nSPS) is 17.7. The highest BCUT2D eigenvalue weighted by Gasteiger charge is 2.24. The van der Waals surface area contributed by atoms with Crippen LogP contribution in [0.2, 0.25) is 0 Å². The molecule has 1 saturated heterocycles. The van der Waals surface area contributed by atoms with Crippen LogP contribution in [0.1, 0.15) is 11.1 Å². The Morgan fingerprint density at radius 3 is 2.59 bits per heavy atom. The van der Waals surface area contributed by atoms with Crippen LogP contribution in [0.5, 0.6) is 5.75 Å². The molecule has 0 atom stereocenters. The molecule has 154 valence electrons. The third-order valence-corrected chi connectivity index (χ3v) is 5.64. The van der Waals surface area contributed by atoms with Crippen LogP contribution in [-0.4, -0.2) is 63.9 Å². The van der Waals surface area contributed by atoms with Crippen molar-refractivity contribution in [1.82, 2.24) is 4.90 Å².